The number of nitrogens with two attached hydrogens (primary N) is 1. The number of rotatable bonds is 3. The normalized spacial score (nSPS) is 10.5. The van der Waals surface area contributed by atoms with Gasteiger partial charge in [-0.3, -0.25) is 4.79 Å². The van der Waals surface area contributed by atoms with Crippen molar-refractivity contribution in [2.75, 3.05) is 0 Å². The van der Waals surface area contributed by atoms with Crippen LogP contribution in [-0.2, 0) is 13.1 Å². The van der Waals surface area contributed by atoms with E-state index in [2.05, 4.69) is 5.16 Å². The van der Waals surface area contributed by atoms with Crippen molar-refractivity contribution in [1.29, 1.82) is 0 Å². The molecule has 0 unspecified atom stereocenters. The van der Waals surface area contributed by atoms with Gasteiger partial charge in [-0.05, 0) is 0 Å². The highest BCUT2D eigenvalue weighted by Crippen LogP contribution is 2.04. The second-order valence-corrected chi connectivity index (χ2v) is 3.19. The summed E-state index contributed by atoms with van der Waals surface area (Å²) >= 11 is 0. The van der Waals surface area contributed by atoms with Crippen LogP contribution in [0, 0.1) is 0 Å². The average Bonchev–Trinajstić information content (AvgIpc) is 2.69. The lowest BCUT2D eigenvalue weighted by atomic mass is 10.3. The summed E-state index contributed by atoms with van der Waals surface area (Å²) in [5.41, 5.74) is 6.13. The largest absolute Gasteiger partial charge is 0.359 e. The lowest BCUT2D eigenvalue weighted by Gasteiger charge is -2.00. The van der Waals surface area contributed by atoms with E-state index in [0.29, 0.717) is 13.1 Å². The van der Waals surface area contributed by atoms with E-state index in [1.807, 2.05) is 4.57 Å². The van der Waals surface area contributed by atoms with Gasteiger partial charge in [0.25, 0.3) is 0 Å². The first-order valence-corrected chi connectivity index (χ1v) is 4.58. The summed E-state index contributed by atoms with van der Waals surface area (Å²) in [7, 11) is 0. The van der Waals surface area contributed by atoms with Crippen molar-refractivity contribution in [3.63, 3.8) is 0 Å². The van der Waals surface area contributed by atoms with Crippen molar-refractivity contribution < 1.29 is 4.52 Å². The van der Waals surface area contributed by atoms with Gasteiger partial charge in [-0.1, -0.05) is 5.16 Å². The maximum atomic E-state index is 10.9. The van der Waals surface area contributed by atoms with Crippen molar-refractivity contribution in [3.05, 3.63) is 52.3 Å². The van der Waals surface area contributed by atoms with Crippen molar-refractivity contribution in [3.8, 4) is 0 Å². The van der Waals surface area contributed by atoms with E-state index in [-0.39, 0.29) is 5.43 Å². The molecule has 0 amide bonds. The molecule has 0 saturated heterocycles. The first-order valence-electron chi connectivity index (χ1n) is 4.58. The molecule has 0 aromatic carbocycles. The van der Waals surface area contributed by atoms with Crippen LogP contribution in [0.1, 0.15) is 11.5 Å². The second-order valence-electron chi connectivity index (χ2n) is 3.19. The molecule has 2 aromatic rings. The molecule has 15 heavy (non-hydrogen) atoms. The van der Waals surface area contributed by atoms with Crippen molar-refractivity contribution in [2.24, 2.45) is 5.73 Å². The van der Waals surface area contributed by atoms with E-state index in [1.165, 1.54) is 12.1 Å². The van der Waals surface area contributed by atoms with Crippen LogP contribution < -0.4 is 11.2 Å². The fourth-order valence-electron chi connectivity index (χ4n) is 1.26. The molecule has 2 heterocycles. The maximum absolute atomic E-state index is 10.9. The zero-order valence-electron chi connectivity index (χ0n) is 8.09. The lowest BCUT2D eigenvalue weighted by molar-refractivity contribution is 0.370. The number of pyridine rings is 1. The third-order valence-electron chi connectivity index (χ3n) is 2.02. The summed E-state index contributed by atoms with van der Waals surface area (Å²) in [6, 6.07) is 4.80. The predicted molar refractivity (Wildman–Crippen MR) is 54.2 cm³/mol. The van der Waals surface area contributed by atoms with Gasteiger partial charge < -0.3 is 14.8 Å². The van der Waals surface area contributed by atoms with Crippen LogP contribution in [0.2, 0.25) is 0 Å². The minimum absolute atomic E-state index is 0.00790. The Bertz CT molecular complexity index is 481. The van der Waals surface area contributed by atoms with Crippen LogP contribution in [0.4, 0.5) is 0 Å². The van der Waals surface area contributed by atoms with Gasteiger partial charge in [-0.15, -0.1) is 0 Å². The molecule has 0 aliphatic rings. The van der Waals surface area contributed by atoms with Gasteiger partial charge in [-0.2, -0.15) is 0 Å². The molecule has 0 aliphatic carbocycles. The van der Waals surface area contributed by atoms with E-state index in [0.717, 1.165) is 11.5 Å². The molecule has 0 saturated carbocycles. The van der Waals surface area contributed by atoms with E-state index in [4.69, 9.17) is 10.3 Å². The first kappa shape index (κ1) is 9.67. The molecule has 2 N–H and O–H groups in total. The van der Waals surface area contributed by atoms with Crippen LogP contribution in [0.15, 0.2) is 39.9 Å². The summed E-state index contributed by atoms with van der Waals surface area (Å²) in [6.07, 6.45) is 3.40. The Morgan fingerprint density at radius 1 is 1.40 bits per heavy atom. The molecule has 0 spiro atoms. The number of hydrogen-bond acceptors (Lipinski definition) is 4. The van der Waals surface area contributed by atoms with Crippen molar-refractivity contribution >= 4 is 0 Å². The average molecular weight is 205 g/mol. The van der Waals surface area contributed by atoms with Gasteiger partial charge in [0.05, 0.1) is 12.2 Å². The Hall–Kier alpha value is -1.88. The SMILES string of the molecule is NCc1cc(Cn2ccc(=O)cc2)on1. The minimum atomic E-state index is -0.00790. The van der Waals surface area contributed by atoms with Crippen molar-refractivity contribution in [1.82, 2.24) is 9.72 Å². The Morgan fingerprint density at radius 2 is 2.13 bits per heavy atom. The smallest absolute Gasteiger partial charge is 0.181 e. The molecule has 0 aliphatic heterocycles. The highest BCUT2D eigenvalue weighted by atomic mass is 16.5. The van der Waals surface area contributed by atoms with E-state index >= 15 is 0 Å². The summed E-state index contributed by atoms with van der Waals surface area (Å²) in [5.74, 6) is 0.721. The van der Waals surface area contributed by atoms with Gasteiger partial charge in [0.2, 0.25) is 0 Å². The van der Waals surface area contributed by atoms with E-state index in [1.54, 1.807) is 18.5 Å². The molecule has 78 valence electrons. The van der Waals surface area contributed by atoms with Crippen LogP contribution >= 0.6 is 0 Å². The Morgan fingerprint density at radius 3 is 2.73 bits per heavy atom. The van der Waals surface area contributed by atoms with Crippen LogP contribution in [0.3, 0.4) is 0 Å². The quantitative estimate of drug-likeness (QED) is 0.784. The topological polar surface area (TPSA) is 74.0 Å². The fourth-order valence-corrected chi connectivity index (χ4v) is 1.26. The van der Waals surface area contributed by atoms with Gasteiger partial charge in [0, 0.05) is 37.1 Å². The van der Waals surface area contributed by atoms with Crippen LogP contribution in [0.25, 0.3) is 0 Å². The lowest BCUT2D eigenvalue weighted by Crippen LogP contribution is -2.04. The fraction of sp³-hybridized carbons (Fsp3) is 0.200. The third kappa shape index (κ3) is 2.32. The molecule has 2 aromatic heterocycles. The number of aromatic nitrogens is 2. The molecule has 0 atom stereocenters. The minimum Gasteiger partial charge on any atom is -0.359 e. The molecule has 5 nitrogen and oxygen atoms in total. The number of hydrogen-bond donors (Lipinski definition) is 1. The summed E-state index contributed by atoms with van der Waals surface area (Å²) in [5, 5.41) is 3.77. The molecule has 5 heteroatoms. The van der Waals surface area contributed by atoms with Gasteiger partial charge in [0.1, 0.15) is 0 Å². The molecular formula is C10H11N3O2. The summed E-state index contributed by atoms with van der Waals surface area (Å²) in [6.45, 7) is 0.918. The van der Waals surface area contributed by atoms with Crippen molar-refractivity contribution in [2.45, 2.75) is 13.1 Å². The molecule has 0 fully saturated rings. The molecule has 0 bridgehead atoms. The summed E-state index contributed by atoms with van der Waals surface area (Å²) in [4.78, 5) is 10.9. The Kier molecular flexibility index (Phi) is 2.64. The monoisotopic (exact) mass is 205 g/mol. The van der Waals surface area contributed by atoms with E-state index in [9.17, 15) is 4.79 Å². The van der Waals surface area contributed by atoms with Crippen LogP contribution in [-0.4, -0.2) is 9.72 Å². The molecule has 0 radical (unpaired) electrons. The third-order valence-corrected chi connectivity index (χ3v) is 2.02. The Balaban J connectivity index is 2.14. The van der Waals surface area contributed by atoms with E-state index < -0.39 is 0 Å². The predicted octanol–water partition coefficient (Wildman–Crippen LogP) is 0.343. The highest BCUT2D eigenvalue weighted by Gasteiger charge is 2.02. The molecule has 2 rings (SSSR count). The zero-order valence-corrected chi connectivity index (χ0v) is 8.09. The van der Waals surface area contributed by atoms with Crippen LogP contribution in [0.5, 0.6) is 0 Å². The van der Waals surface area contributed by atoms with Gasteiger partial charge >= 0.3 is 0 Å². The molecular weight excluding hydrogens is 194 g/mol. The highest BCUT2D eigenvalue weighted by molar-refractivity contribution is 5.06. The maximum Gasteiger partial charge on any atom is 0.181 e. The van der Waals surface area contributed by atoms with Gasteiger partial charge in [-0.25, -0.2) is 0 Å². The van der Waals surface area contributed by atoms with Gasteiger partial charge in [0.15, 0.2) is 11.2 Å². The summed E-state index contributed by atoms with van der Waals surface area (Å²) < 4.78 is 6.90. The standard InChI is InChI=1S/C10H11N3O2/c11-6-8-5-10(15-12-8)7-13-3-1-9(14)2-4-13/h1-5H,6-7,11H2. The number of nitrogens with zero attached hydrogens (tertiary/aromatic N) is 2. The second kappa shape index (κ2) is 4.10. The first-order chi connectivity index (χ1) is 7.28. The zero-order chi connectivity index (χ0) is 10.7. The Labute approximate surface area is 86.1 Å².